The number of thioether (sulfide) groups is 1. The molecule has 4 rings (SSSR count). The Kier molecular flexibility index (Phi) is 5.58. The van der Waals surface area contributed by atoms with Crippen LogP contribution in [0.25, 0.3) is 23.0 Å². The van der Waals surface area contributed by atoms with Gasteiger partial charge >= 0.3 is 0 Å². The lowest BCUT2D eigenvalue weighted by molar-refractivity contribution is 0.102. The summed E-state index contributed by atoms with van der Waals surface area (Å²) in [5.74, 6) is 1.41. The van der Waals surface area contributed by atoms with Gasteiger partial charge in [-0.15, -0.1) is 11.8 Å². The second-order valence-corrected chi connectivity index (χ2v) is 7.34. The van der Waals surface area contributed by atoms with E-state index in [4.69, 9.17) is 4.42 Å². The molecule has 30 heavy (non-hydrogen) atoms. The molecule has 8 heteroatoms. The second-order valence-electron chi connectivity index (χ2n) is 6.55. The highest BCUT2D eigenvalue weighted by Crippen LogP contribution is 2.26. The number of carbonyl (C=O) groups excluding carboxylic acids is 1. The quantitative estimate of drug-likeness (QED) is 0.369. The summed E-state index contributed by atoms with van der Waals surface area (Å²) >= 11 is 1.39. The molecule has 1 amide bonds. The smallest absolute Gasteiger partial charge is 0.260 e. The average molecular weight is 417 g/mol. The normalized spacial score (nSPS) is 10.8. The summed E-state index contributed by atoms with van der Waals surface area (Å²) < 4.78 is 5.38. The minimum atomic E-state index is -0.262. The van der Waals surface area contributed by atoms with Crippen LogP contribution in [0.2, 0.25) is 0 Å². The summed E-state index contributed by atoms with van der Waals surface area (Å²) in [6.07, 6.45) is 5.17. The van der Waals surface area contributed by atoms with Gasteiger partial charge in [-0.2, -0.15) is 0 Å². The lowest BCUT2D eigenvalue weighted by Crippen LogP contribution is -2.16. The van der Waals surface area contributed by atoms with Crippen LogP contribution in [-0.2, 0) is 0 Å². The van der Waals surface area contributed by atoms with Crippen LogP contribution in [0.3, 0.4) is 0 Å². The van der Waals surface area contributed by atoms with Crippen LogP contribution >= 0.6 is 11.8 Å². The number of hydrogen-bond donors (Lipinski definition) is 1. The molecule has 7 nitrogen and oxygen atoms in total. The molecule has 1 aromatic carbocycles. The van der Waals surface area contributed by atoms with Gasteiger partial charge in [-0.1, -0.05) is 0 Å². The largest absolute Gasteiger partial charge is 0.461 e. The van der Waals surface area contributed by atoms with E-state index in [9.17, 15) is 4.79 Å². The first kappa shape index (κ1) is 19.8. The van der Waals surface area contributed by atoms with Crippen LogP contribution in [0.5, 0.6) is 0 Å². The summed E-state index contributed by atoms with van der Waals surface area (Å²) in [5, 5.41) is 3.52. The van der Waals surface area contributed by atoms with E-state index in [1.54, 1.807) is 31.5 Å². The van der Waals surface area contributed by atoms with Gasteiger partial charge in [0.2, 0.25) is 0 Å². The predicted octanol–water partition coefficient (Wildman–Crippen LogP) is 4.78. The topological polar surface area (TPSA) is 93.8 Å². The van der Waals surface area contributed by atoms with Crippen LogP contribution in [0.4, 0.5) is 5.69 Å². The molecule has 0 aliphatic carbocycles. The molecule has 0 radical (unpaired) electrons. The van der Waals surface area contributed by atoms with Gasteiger partial charge in [0.1, 0.15) is 5.03 Å². The fourth-order valence-electron chi connectivity index (χ4n) is 2.96. The van der Waals surface area contributed by atoms with Crippen molar-refractivity contribution >= 4 is 23.4 Å². The SMILES string of the molecule is CSc1nc(-c2ccco2)nc(C)c1C(=O)Nc1ccc(-c2nccc(C)n2)cc1. The van der Waals surface area contributed by atoms with Crippen molar-refractivity contribution in [3.63, 3.8) is 0 Å². The number of benzene rings is 1. The van der Waals surface area contributed by atoms with Crippen LogP contribution in [0.15, 0.2) is 64.4 Å². The number of rotatable bonds is 5. The van der Waals surface area contributed by atoms with Gasteiger partial charge in [0.05, 0.1) is 17.5 Å². The van der Waals surface area contributed by atoms with Crippen molar-refractivity contribution in [2.45, 2.75) is 18.9 Å². The van der Waals surface area contributed by atoms with Gasteiger partial charge in [0.25, 0.3) is 5.91 Å². The summed E-state index contributed by atoms with van der Waals surface area (Å²) in [7, 11) is 0. The van der Waals surface area contributed by atoms with Crippen molar-refractivity contribution in [3.8, 4) is 23.0 Å². The Labute approximate surface area is 178 Å². The molecular weight excluding hydrogens is 398 g/mol. The average Bonchev–Trinajstić information content (AvgIpc) is 3.28. The molecule has 0 aliphatic heterocycles. The summed E-state index contributed by atoms with van der Waals surface area (Å²) in [6.45, 7) is 3.71. The zero-order chi connectivity index (χ0) is 21.1. The molecule has 0 saturated heterocycles. The molecular formula is C22H19N5O2S. The molecule has 150 valence electrons. The minimum absolute atomic E-state index is 0.262. The van der Waals surface area contributed by atoms with Gasteiger partial charge < -0.3 is 9.73 Å². The Morgan fingerprint density at radius 3 is 2.47 bits per heavy atom. The number of furan rings is 1. The fourth-order valence-corrected chi connectivity index (χ4v) is 3.58. The monoisotopic (exact) mass is 417 g/mol. The van der Waals surface area contributed by atoms with Crippen LogP contribution in [-0.4, -0.2) is 32.1 Å². The van der Waals surface area contributed by atoms with Crippen LogP contribution in [0, 0.1) is 13.8 Å². The predicted molar refractivity (Wildman–Crippen MR) is 116 cm³/mol. The van der Waals surface area contributed by atoms with E-state index < -0.39 is 0 Å². The number of aryl methyl sites for hydroxylation is 2. The first-order valence-corrected chi connectivity index (χ1v) is 10.5. The number of hydrogen-bond acceptors (Lipinski definition) is 7. The van der Waals surface area contributed by atoms with Gasteiger partial charge in [0, 0.05) is 23.1 Å². The highest BCUT2D eigenvalue weighted by Gasteiger charge is 2.20. The molecule has 4 aromatic rings. The van der Waals surface area contributed by atoms with E-state index in [1.165, 1.54) is 11.8 Å². The van der Waals surface area contributed by atoms with Crippen LogP contribution < -0.4 is 5.32 Å². The number of aromatic nitrogens is 4. The summed E-state index contributed by atoms with van der Waals surface area (Å²) in [5.41, 5.74) is 3.48. The molecule has 0 saturated carbocycles. The van der Waals surface area contributed by atoms with Crippen molar-refractivity contribution in [2.24, 2.45) is 0 Å². The first-order valence-electron chi connectivity index (χ1n) is 9.23. The van der Waals surface area contributed by atoms with Crippen molar-refractivity contribution in [3.05, 3.63) is 71.9 Å². The van der Waals surface area contributed by atoms with Crippen molar-refractivity contribution in [2.75, 3.05) is 11.6 Å². The van der Waals surface area contributed by atoms with Gasteiger partial charge in [-0.3, -0.25) is 4.79 Å². The molecule has 3 aromatic heterocycles. The molecule has 0 aliphatic rings. The first-order chi connectivity index (χ1) is 14.5. The molecule has 0 spiro atoms. The Morgan fingerprint density at radius 1 is 1.00 bits per heavy atom. The Hall–Kier alpha value is -3.52. The second kappa shape index (κ2) is 8.46. The zero-order valence-corrected chi connectivity index (χ0v) is 17.5. The third-order valence-corrected chi connectivity index (χ3v) is 5.10. The van der Waals surface area contributed by atoms with E-state index in [1.807, 2.05) is 43.5 Å². The number of nitrogens with one attached hydrogen (secondary N) is 1. The van der Waals surface area contributed by atoms with Crippen molar-refractivity contribution in [1.82, 2.24) is 19.9 Å². The summed E-state index contributed by atoms with van der Waals surface area (Å²) in [6, 6.07) is 12.8. The lowest BCUT2D eigenvalue weighted by Gasteiger charge is -2.12. The summed E-state index contributed by atoms with van der Waals surface area (Å²) in [4.78, 5) is 30.6. The molecule has 0 bridgehead atoms. The van der Waals surface area contributed by atoms with E-state index in [-0.39, 0.29) is 5.91 Å². The lowest BCUT2D eigenvalue weighted by atomic mass is 10.1. The van der Waals surface area contributed by atoms with Gasteiger partial charge in [-0.05, 0) is 62.6 Å². The molecule has 3 heterocycles. The standard InChI is InChI=1S/C22H19N5O2S/c1-13-10-11-23-19(24-13)15-6-8-16(9-7-15)26-21(28)18-14(2)25-20(27-22(18)30-3)17-5-4-12-29-17/h4-12H,1-3H3,(H,26,28). The maximum absolute atomic E-state index is 13.0. The fraction of sp³-hybridized carbons (Fsp3) is 0.136. The highest BCUT2D eigenvalue weighted by atomic mass is 32.2. The van der Waals surface area contributed by atoms with E-state index in [0.717, 1.165) is 11.3 Å². The maximum atomic E-state index is 13.0. The number of nitrogens with zero attached hydrogens (tertiary/aromatic N) is 4. The third kappa shape index (κ3) is 4.08. The van der Waals surface area contributed by atoms with Crippen LogP contribution in [0.1, 0.15) is 21.7 Å². The third-order valence-electron chi connectivity index (χ3n) is 4.41. The Balaban J connectivity index is 1.58. The number of anilines is 1. The minimum Gasteiger partial charge on any atom is -0.461 e. The Morgan fingerprint density at radius 2 is 1.80 bits per heavy atom. The van der Waals surface area contributed by atoms with Gasteiger partial charge in [0.15, 0.2) is 17.4 Å². The number of carbonyl (C=O) groups is 1. The van der Waals surface area contributed by atoms with E-state index in [2.05, 4.69) is 25.3 Å². The Bertz CT molecular complexity index is 1190. The van der Waals surface area contributed by atoms with Crippen molar-refractivity contribution < 1.29 is 9.21 Å². The van der Waals surface area contributed by atoms with E-state index >= 15 is 0 Å². The molecule has 0 fully saturated rings. The zero-order valence-electron chi connectivity index (χ0n) is 16.7. The molecule has 0 atom stereocenters. The van der Waals surface area contributed by atoms with Crippen molar-refractivity contribution in [1.29, 1.82) is 0 Å². The van der Waals surface area contributed by atoms with E-state index in [0.29, 0.717) is 39.4 Å². The molecule has 0 unspecified atom stereocenters. The van der Waals surface area contributed by atoms with Gasteiger partial charge in [-0.25, -0.2) is 19.9 Å². The number of amides is 1. The highest BCUT2D eigenvalue weighted by molar-refractivity contribution is 7.98. The maximum Gasteiger partial charge on any atom is 0.260 e. The molecule has 1 N–H and O–H groups in total.